The lowest BCUT2D eigenvalue weighted by Gasteiger charge is -2.29. The number of rotatable bonds is 4. The Morgan fingerprint density at radius 2 is 2.10 bits per heavy atom. The van der Waals surface area contributed by atoms with Gasteiger partial charge in [-0.15, -0.1) is 0 Å². The number of nitrogens with one attached hydrogen (secondary N) is 1. The van der Waals surface area contributed by atoms with Gasteiger partial charge in [0.2, 0.25) is 5.91 Å². The summed E-state index contributed by atoms with van der Waals surface area (Å²) in [5, 5.41) is 3.43. The lowest BCUT2D eigenvalue weighted by atomic mass is 10.1. The highest BCUT2D eigenvalue weighted by Crippen LogP contribution is 2.26. The van der Waals surface area contributed by atoms with E-state index >= 15 is 0 Å². The summed E-state index contributed by atoms with van der Waals surface area (Å²) < 4.78 is 0. The molecular formula is C15H22ClN3O. The Kier molecular flexibility index (Phi) is 4.89. The van der Waals surface area contributed by atoms with Crippen LogP contribution in [0.1, 0.15) is 32.6 Å². The Labute approximate surface area is 125 Å². The summed E-state index contributed by atoms with van der Waals surface area (Å²) in [5.41, 5.74) is 6.95. The minimum absolute atomic E-state index is 0.0478. The third-order valence-corrected chi connectivity index (χ3v) is 4.40. The lowest BCUT2D eigenvalue weighted by Crippen LogP contribution is -2.44. The average Bonchev–Trinajstić information content (AvgIpc) is 2.95. The van der Waals surface area contributed by atoms with E-state index in [1.165, 1.54) is 25.7 Å². The van der Waals surface area contributed by atoms with Crippen molar-refractivity contribution in [3.63, 3.8) is 0 Å². The van der Waals surface area contributed by atoms with Crippen molar-refractivity contribution in [3.05, 3.63) is 23.2 Å². The first-order valence-electron chi connectivity index (χ1n) is 7.07. The molecule has 1 amide bonds. The Bertz CT molecular complexity index is 486. The maximum Gasteiger partial charge on any atom is 0.241 e. The smallest absolute Gasteiger partial charge is 0.241 e. The van der Waals surface area contributed by atoms with Gasteiger partial charge in [-0.1, -0.05) is 24.4 Å². The van der Waals surface area contributed by atoms with Crippen molar-refractivity contribution >= 4 is 28.9 Å². The predicted molar refractivity (Wildman–Crippen MR) is 84.0 cm³/mol. The molecule has 0 radical (unpaired) electrons. The molecule has 0 saturated heterocycles. The van der Waals surface area contributed by atoms with Crippen LogP contribution in [0.25, 0.3) is 0 Å². The van der Waals surface area contributed by atoms with Crippen molar-refractivity contribution in [2.45, 2.75) is 44.7 Å². The van der Waals surface area contributed by atoms with Gasteiger partial charge in [-0.3, -0.25) is 9.69 Å². The molecule has 20 heavy (non-hydrogen) atoms. The van der Waals surface area contributed by atoms with Gasteiger partial charge < -0.3 is 11.1 Å². The second kappa shape index (κ2) is 6.46. The van der Waals surface area contributed by atoms with Crippen LogP contribution in [0.5, 0.6) is 0 Å². The number of nitrogen functional groups attached to an aromatic ring is 1. The van der Waals surface area contributed by atoms with Gasteiger partial charge in [0.05, 0.1) is 17.4 Å². The molecule has 110 valence electrons. The maximum absolute atomic E-state index is 12.3. The number of carbonyl (C=O) groups excluding carboxylic acids is 1. The summed E-state index contributed by atoms with van der Waals surface area (Å²) in [6.45, 7) is 1.92. The fraction of sp³-hybridized carbons (Fsp3) is 0.533. The van der Waals surface area contributed by atoms with E-state index in [1.54, 1.807) is 18.2 Å². The molecule has 0 aromatic heterocycles. The van der Waals surface area contributed by atoms with E-state index < -0.39 is 0 Å². The van der Waals surface area contributed by atoms with E-state index in [4.69, 9.17) is 17.3 Å². The third-order valence-electron chi connectivity index (χ3n) is 4.16. The second-order valence-corrected chi connectivity index (χ2v) is 5.94. The molecule has 0 spiro atoms. The molecule has 0 heterocycles. The largest absolute Gasteiger partial charge is 0.397 e. The first-order valence-corrected chi connectivity index (χ1v) is 7.44. The Balaban J connectivity index is 2.01. The number of benzene rings is 1. The van der Waals surface area contributed by atoms with Crippen LogP contribution >= 0.6 is 11.6 Å². The van der Waals surface area contributed by atoms with Crippen molar-refractivity contribution < 1.29 is 4.79 Å². The summed E-state index contributed by atoms with van der Waals surface area (Å²) in [7, 11) is 2.02. The number of hydrogen-bond donors (Lipinski definition) is 2. The summed E-state index contributed by atoms with van der Waals surface area (Å²) in [5.74, 6) is -0.0478. The van der Waals surface area contributed by atoms with Gasteiger partial charge in [-0.05, 0) is 45.0 Å². The fourth-order valence-corrected chi connectivity index (χ4v) is 2.86. The highest BCUT2D eigenvalue weighted by molar-refractivity contribution is 6.31. The van der Waals surface area contributed by atoms with E-state index in [0.717, 1.165) is 0 Å². The molecule has 1 atom stereocenters. The Morgan fingerprint density at radius 3 is 2.75 bits per heavy atom. The number of anilines is 2. The van der Waals surface area contributed by atoms with Crippen LogP contribution in [-0.4, -0.2) is 29.9 Å². The molecular weight excluding hydrogens is 274 g/mol. The Morgan fingerprint density at radius 1 is 1.45 bits per heavy atom. The van der Waals surface area contributed by atoms with Crippen LogP contribution < -0.4 is 11.1 Å². The van der Waals surface area contributed by atoms with Crippen molar-refractivity contribution in [1.82, 2.24) is 4.90 Å². The van der Waals surface area contributed by atoms with Crippen LogP contribution in [0.15, 0.2) is 18.2 Å². The zero-order valence-corrected chi connectivity index (χ0v) is 12.8. The molecule has 1 fully saturated rings. The molecule has 0 aliphatic heterocycles. The SMILES string of the molecule is CC(C(=O)Nc1cc(Cl)ccc1N)N(C)C1CCCC1. The minimum Gasteiger partial charge on any atom is -0.397 e. The van der Waals surface area contributed by atoms with E-state index in [-0.39, 0.29) is 11.9 Å². The predicted octanol–water partition coefficient (Wildman–Crippen LogP) is 3.12. The molecule has 4 nitrogen and oxygen atoms in total. The van der Waals surface area contributed by atoms with Gasteiger partial charge in [0.1, 0.15) is 0 Å². The van der Waals surface area contributed by atoms with Gasteiger partial charge >= 0.3 is 0 Å². The molecule has 1 aliphatic rings. The van der Waals surface area contributed by atoms with Crippen LogP contribution in [-0.2, 0) is 4.79 Å². The Hall–Kier alpha value is -1.26. The number of carbonyl (C=O) groups is 1. The minimum atomic E-state index is -0.184. The van der Waals surface area contributed by atoms with Gasteiger partial charge in [0.25, 0.3) is 0 Å². The number of halogens is 1. The van der Waals surface area contributed by atoms with Gasteiger partial charge in [-0.25, -0.2) is 0 Å². The van der Waals surface area contributed by atoms with E-state index in [2.05, 4.69) is 10.2 Å². The highest BCUT2D eigenvalue weighted by atomic mass is 35.5. The summed E-state index contributed by atoms with van der Waals surface area (Å²) in [6.07, 6.45) is 4.86. The van der Waals surface area contributed by atoms with Gasteiger partial charge in [0.15, 0.2) is 0 Å². The molecule has 1 aliphatic carbocycles. The average molecular weight is 296 g/mol. The number of likely N-dealkylation sites (N-methyl/N-ethyl adjacent to an activating group) is 1. The summed E-state index contributed by atoms with van der Waals surface area (Å²) in [4.78, 5) is 14.5. The third kappa shape index (κ3) is 3.44. The molecule has 0 bridgehead atoms. The van der Waals surface area contributed by atoms with Gasteiger partial charge in [-0.2, -0.15) is 0 Å². The van der Waals surface area contributed by atoms with Gasteiger partial charge in [0, 0.05) is 11.1 Å². The molecule has 1 unspecified atom stereocenters. The molecule has 3 N–H and O–H groups in total. The molecule has 1 aromatic carbocycles. The zero-order chi connectivity index (χ0) is 14.7. The monoisotopic (exact) mass is 295 g/mol. The molecule has 5 heteroatoms. The molecule has 1 saturated carbocycles. The van der Waals surface area contributed by atoms with Crippen LogP contribution in [0.2, 0.25) is 5.02 Å². The highest BCUT2D eigenvalue weighted by Gasteiger charge is 2.27. The quantitative estimate of drug-likeness (QED) is 0.839. The zero-order valence-electron chi connectivity index (χ0n) is 12.0. The summed E-state index contributed by atoms with van der Waals surface area (Å²) in [6, 6.07) is 5.41. The molecule has 2 rings (SSSR count). The van der Waals surface area contributed by atoms with Crippen LogP contribution in [0.3, 0.4) is 0 Å². The van der Waals surface area contributed by atoms with Crippen molar-refractivity contribution in [1.29, 1.82) is 0 Å². The second-order valence-electron chi connectivity index (χ2n) is 5.50. The number of nitrogens with zero attached hydrogens (tertiary/aromatic N) is 1. The van der Waals surface area contributed by atoms with E-state index in [1.807, 2.05) is 14.0 Å². The van der Waals surface area contributed by atoms with Crippen molar-refractivity contribution in [2.24, 2.45) is 0 Å². The summed E-state index contributed by atoms with van der Waals surface area (Å²) >= 11 is 5.93. The topological polar surface area (TPSA) is 58.4 Å². The number of hydrogen-bond acceptors (Lipinski definition) is 3. The standard InChI is InChI=1S/C15H22ClN3O/c1-10(19(2)12-5-3-4-6-12)15(20)18-14-9-11(16)7-8-13(14)17/h7-10,12H,3-6,17H2,1-2H3,(H,18,20). The molecule has 1 aromatic rings. The normalized spacial score (nSPS) is 17.4. The number of amides is 1. The first kappa shape index (κ1) is 15.1. The van der Waals surface area contributed by atoms with Crippen LogP contribution in [0, 0.1) is 0 Å². The van der Waals surface area contributed by atoms with Crippen molar-refractivity contribution in [2.75, 3.05) is 18.1 Å². The first-order chi connectivity index (χ1) is 9.49. The maximum atomic E-state index is 12.3. The lowest BCUT2D eigenvalue weighted by molar-refractivity contribution is -0.121. The van der Waals surface area contributed by atoms with E-state index in [0.29, 0.717) is 22.4 Å². The fourth-order valence-electron chi connectivity index (χ4n) is 2.69. The van der Waals surface area contributed by atoms with E-state index in [9.17, 15) is 4.79 Å². The van der Waals surface area contributed by atoms with Crippen molar-refractivity contribution in [3.8, 4) is 0 Å². The number of nitrogens with two attached hydrogens (primary N) is 1. The van der Waals surface area contributed by atoms with Crippen LogP contribution in [0.4, 0.5) is 11.4 Å².